The highest BCUT2D eigenvalue weighted by Crippen LogP contribution is 2.47. The summed E-state index contributed by atoms with van der Waals surface area (Å²) in [5, 5.41) is 3.08. The van der Waals surface area contributed by atoms with Crippen molar-refractivity contribution in [1.29, 1.82) is 0 Å². The molecule has 0 bridgehead atoms. The first-order chi connectivity index (χ1) is 9.33. The molecule has 1 aliphatic rings. The summed E-state index contributed by atoms with van der Waals surface area (Å²) < 4.78 is 0. The van der Waals surface area contributed by atoms with Crippen molar-refractivity contribution >= 4 is 5.91 Å². The standard InChI is InChI=1S/C17H25NO/c1-2-3-4-5-9-12-18-17(19)16-13-15(16)14-10-7-6-8-11-14/h6-8,10-11,15-16H,2-5,9,12-13H2,1H3,(H,18,19)/t15-,16-/m1/s1. The highest BCUT2D eigenvalue weighted by atomic mass is 16.2. The molecule has 2 atom stereocenters. The zero-order chi connectivity index (χ0) is 13.5. The van der Waals surface area contributed by atoms with Gasteiger partial charge in [-0.05, 0) is 24.3 Å². The van der Waals surface area contributed by atoms with E-state index in [0.717, 1.165) is 19.4 Å². The van der Waals surface area contributed by atoms with Crippen LogP contribution in [0.1, 0.15) is 56.9 Å². The number of nitrogens with one attached hydrogen (secondary N) is 1. The molecule has 0 spiro atoms. The van der Waals surface area contributed by atoms with Gasteiger partial charge in [-0.25, -0.2) is 0 Å². The lowest BCUT2D eigenvalue weighted by molar-refractivity contribution is -0.122. The van der Waals surface area contributed by atoms with Crippen molar-refractivity contribution in [3.05, 3.63) is 35.9 Å². The summed E-state index contributed by atoms with van der Waals surface area (Å²) in [5.74, 6) is 0.934. The Balaban J connectivity index is 1.61. The molecule has 2 nitrogen and oxygen atoms in total. The Labute approximate surface area is 116 Å². The summed E-state index contributed by atoms with van der Waals surface area (Å²) in [6.07, 6.45) is 7.25. The van der Waals surface area contributed by atoms with E-state index in [1.165, 1.54) is 31.2 Å². The Hall–Kier alpha value is -1.31. The van der Waals surface area contributed by atoms with Gasteiger partial charge in [-0.3, -0.25) is 4.79 Å². The number of hydrogen-bond donors (Lipinski definition) is 1. The van der Waals surface area contributed by atoms with E-state index in [9.17, 15) is 4.79 Å². The Bertz CT molecular complexity index is 388. The quantitative estimate of drug-likeness (QED) is 0.705. The van der Waals surface area contributed by atoms with Gasteiger partial charge in [-0.2, -0.15) is 0 Å². The van der Waals surface area contributed by atoms with Crippen LogP contribution in [0, 0.1) is 5.92 Å². The van der Waals surface area contributed by atoms with Crippen molar-refractivity contribution in [2.24, 2.45) is 5.92 Å². The molecule has 0 heterocycles. The molecule has 0 unspecified atom stereocenters. The van der Waals surface area contributed by atoms with Crippen molar-refractivity contribution < 1.29 is 4.79 Å². The molecule has 1 aromatic carbocycles. The highest BCUT2D eigenvalue weighted by molar-refractivity contribution is 5.82. The summed E-state index contributed by atoms with van der Waals surface area (Å²) in [6.45, 7) is 3.07. The maximum Gasteiger partial charge on any atom is 0.223 e. The minimum Gasteiger partial charge on any atom is -0.356 e. The average molecular weight is 259 g/mol. The van der Waals surface area contributed by atoms with E-state index in [-0.39, 0.29) is 11.8 Å². The maximum absolute atomic E-state index is 12.0. The van der Waals surface area contributed by atoms with E-state index < -0.39 is 0 Å². The molecule has 2 heteroatoms. The fourth-order valence-electron chi connectivity index (χ4n) is 2.62. The van der Waals surface area contributed by atoms with Crippen molar-refractivity contribution in [2.75, 3.05) is 6.54 Å². The lowest BCUT2D eigenvalue weighted by Crippen LogP contribution is -2.26. The summed E-state index contributed by atoms with van der Waals surface area (Å²) in [7, 11) is 0. The van der Waals surface area contributed by atoms with Crippen molar-refractivity contribution in [3.8, 4) is 0 Å². The first kappa shape index (κ1) is 14.1. The zero-order valence-corrected chi connectivity index (χ0v) is 11.9. The van der Waals surface area contributed by atoms with E-state index >= 15 is 0 Å². The molecule has 2 rings (SSSR count). The number of rotatable bonds is 8. The van der Waals surface area contributed by atoms with E-state index in [1.807, 2.05) is 6.07 Å². The third kappa shape index (κ3) is 4.38. The van der Waals surface area contributed by atoms with Gasteiger partial charge in [0.1, 0.15) is 0 Å². The molecule has 104 valence electrons. The normalized spacial score (nSPS) is 21.1. The number of carbonyl (C=O) groups excluding carboxylic acids is 1. The Morgan fingerprint density at radius 3 is 2.63 bits per heavy atom. The van der Waals surface area contributed by atoms with Crippen LogP contribution in [0.5, 0.6) is 0 Å². The van der Waals surface area contributed by atoms with Gasteiger partial charge in [-0.15, -0.1) is 0 Å². The summed E-state index contributed by atoms with van der Waals surface area (Å²) >= 11 is 0. The first-order valence-electron chi connectivity index (χ1n) is 7.65. The Morgan fingerprint density at radius 1 is 1.16 bits per heavy atom. The molecule has 0 saturated heterocycles. The third-order valence-corrected chi connectivity index (χ3v) is 3.93. The van der Waals surface area contributed by atoms with E-state index in [1.54, 1.807) is 0 Å². The van der Waals surface area contributed by atoms with Gasteiger partial charge in [0.2, 0.25) is 5.91 Å². The van der Waals surface area contributed by atoms with Crippen LogP contribution < -0.4 is 5.32 Å². The number of amides is 1. The van der Waals surface area contributed by atoms with Crippen molar-refractivity contribution in [3.63, 3.8) is 0 Å². The van der Waals surface area contributed by atoms with Crippen LogP contribution in [-0.4, -0.2) is 12.5 Å². The summed E-state index contributed by atoms with van der Waals surface area (Å²) in [6, 6.07) is 10.4. The number of carbonyl (C=O) groups is 1. The minimum atomic E-state index is 0.220. The van der Waals surface area contributed by atoms with Crippen LogP contribution in [0.4, 0.5) is 0 Å². The molecule has 0 radical (unpaired) electrons. The second kappa shape index (κ2) is 7.32. The molecule has 1 saturated carbocycles. The lowest BCUT2D eigenvalue weighted by atomic mass is 10.1. The predicted molar refractivity (Wildman–Crippen MR) is 79.1 cm³/mol. The van der Waals surface area contributed by atoms with Crippen LogP contribution in [-0.2, 0) is 4.79 Å². The number of benzene rings is 1. The number of hydrogen-bond acceptors (Lipinski definition) is 1. The van der Waals surface area contributed by atoms with E-state index in [4.69, 9.17) is 0 Å². The van der Waals surface area contributed by atoms with Gasteiger partial charge in [-0.1, -0.05) is 62.9 Å². The second-order valence-corrected chi connectivity index (χ2v) is 5.56. The molecule has 1 amide bonds. The fourth-order valence-corrected chi connectivity index (χ4v) is 2.62. The molecular formula is C17H25NO. The van der Waals surface area contributed by atoms with Crippen molar-refractivity contribution in [2.45, 2.75) is 51.4 Å². The van der Waals surface area contributed by atoms with Crippen LogP contribution >= 0.6 is 0 Å². The molecule has 19 heavy (non-hydrogen) atoms. The summed E-state index contributed by atoms with van der Waals surface area (Å²) in [4.78, 5) is 12.0. The van der Waals surface area contributed by atoms with Crippen molar-refractivity contribution in [1.82, 2.24) is 5.32 Å². The van der Waals surface area contributed by atoms with Crippen LogP contribution in [0.25, 0.3) is 0 Å². The molecule has 0 aromatic heterocycles. The largest absolute Gasteiger partial charge is 0.356 e. The summed E-state index contributed by atoms with van der Waals surface area (Å²) in [5.41, 5.74) is 1.31. The monoisotopic (exact) mass is 259 g/mol. The van der Waals surface area contributed by atoms with Gasteiger partial charge >= 0.3 is 0 Å². The molecular weight excluding hydrogens is 234 g/mol. The van der Waals surface area contributed by atoms with Gasteiger partial charge in [0, 0.05) is 12.5 Å². The third-order valence-electron chi connectivity index (χ3n) is 3.93. The van der Waals surface area contributed by atoms with E-state index in [2.05, 4.69) is 36.5 Å². The average Bonchev–Trinajstić information content (AvgIpc) is 3.24. The molecule has 1 aromatic rings. The fraction of sp³-hybridized carbons (Fsp3) is 0.588. The Morgan fingerprint density at radius 2 is 1.89 bits per heavy atom. The van der Waals surface area contributed by atoms with Gasteiger partial charge < -0.3 is 5.32 Å². The van der Waals surface area contributed by atoms with Crippen LogP contribution in [0.2, 0.25) is 0 Å². The topological polar surface area (TPSA) is 29.1 Å². The molecule has 1 N–H and O–H groups in total. The zero-order valence-electron chi connectivity index (χ0n) is 11.9. The molecule has 1 fully saturated rings. The molecule has 0 aliphatic heterocycles. The Kier molecular flexibility index (Phi) is 5.44. The first-order valence-corrected chi connectivity index (χ1v) is 7.65. The second-order valence-electron chi connectivity index (χ2n) is 5.56. The van der Waals surface area contributed by atoms with Gasteiger partial charge in [0.15, 0.2) is 0 Å². The lowest BCUT2D eigenvalue weighted by Gasteiger charge is -2.05. The van der Waals surface area contributed by atoms with E-state index in [0.29, 0.717) is 5.92 Å². The number of unbranched alkanes of at least 4 members (excludes halogenated alkanes) is 4. The highest BCUT2D eigenvalue weighted by Gasteiger charge is 2.43. The van der Waals surface area contributed by atoms with Gasteiger partial charge in [0.05, 0.1) is 0 Å². The predicted octanol–water partition coefficient (Wildman–Crippen LogP) is 3.88. The minimum absolute atomic E-state index is 0.220. The molecule has 1 aliphatic carbocycles. The SMILES string of the molecule is CCCCCCCNC(=O)[C@@H]1C[C@@H]1c1ccccc1. The van der Waals surface area contributed by atoms with Gasteiger partial charge in [0.25, 0.3) is 0 Å². The smallest absolute Gasteiger partial charge is 0.223 e. The van der Waals surface area contributed by atoms with Crippen LogP contribution in [0.3, 0.4) is 0 Å². The maximum atomic E-state index is 12.0. The van der Waals surface area contributed by atoms with Crippen LogP contribution in [0.15, 0.2) is 30.3 Å².